The molecule has 3 N–H and O–H groups in total. The maximum Gasteiger partial charge on any atom is 0.241 e. The van der Waals surface area contributed by atoms with Crippen molar-refractivity contribution in [2.45, 2.75) is 18.4 Å². The van der Waals surface area contributed by atoms with Crippen LogP contribution < -0.4 is 10.5 Å². The number of rotatable bonds is 4. The molecule has 102 valence electrons. The molecule has 0 aliphatic rings. The van der Waals surface area contributed by atoms with E-state index in [9.17, 15) is 8.42 Å². The van der Waals surface area contributed by atoms with Gasteiger partial charge in [-0.05, 0) is 36.8 Å². The molecule has 0 radical (unpaired) electrons. The monoisotopic (exact) mass is 300 g/mol. The minimum Gasteiger partial charge on any atom is -0.468 e. The SMILES string of the molecule is Cc1c(N)cc(S(=O)(=O)NCc2ccco2)cc1Cl. The zero-order chi connectivity index (χ0) is 14.0. The Hall–Kier alpha value is -1.50. The second kappa shape index (κ2) is 5.24. The van der Waals surface area contributed by atoms with Crippen LogP contribution in [0.1, 0.15) is 11.3 Å². The van der Waals surface area contributed by atoms with E-state index in [1.54, 1.807) is 19.1 Å². The van der Waals surface area contributed by atoms with Crippen molar-refractivity contribution < 1.29 is 12.8 Å². The zero-order valence-corrected chi connectivity index (χ0v) is 11.8. The maximum absolute atomic E-state index is 12.1. The summed E-state index contributed by atoms with van der Waals surface area (Å²) >= 11 is 5.93. The third-order valence-corrected chi connectivity index (χ3v) is 4.46. The molecule has 1 heterocycles. The van der Waals surface area contributed by atoms with Gasteiger partial charge in [0, 0.05) is 10.7 Å². The van der Waals surface area contributed by atoms with E-state index >= 15 is 0 Å². The van der Waals surface area contributed by atoms with Crippen molar-refractivity contribution in [3.63, 3.8) is 0 Å². The number of anilines is 1. The molecule has 0 unspecified atom stereocenters. The third kappa shape index (κ3) is 3.09. The molecule has 2 rings (SSSR count). The van der Waals surface area contributed by atoms with Gasteiger partial charge in [0.15, 0.2) is 0 Å². The van der Waals surface area contributed by atoms with Crippen LogP contribution >= 0.6 is 11.6 Å². The van der Waals surface area contributed by atoms with Gasteiger partial charge in [0.05, 0.1) is 17.7 Å². The summed E-state index contributed by atoms with van der Waals surface area (Å²) in [7, 11) is -3.67. The molecule has 0 aliphatic carbocycles. The van der Waals surface area contributed by atoms with E-state index in [-0.39, 0.29) is 11.4 Å². The summed E-state index contributed by atoms with van der Waals surface area (Å²) in [5, 5.41) is 0.318. The van der Waals surface area contributed by atoms with E-state index in [0.717, 1.165) is 0 Å². The molecule has 0 spiro atoms. The van der Waals surface area contributed by atoms with E-state index in [4.69, 9.17) is 21.8 Å². The number of halogens is 1. The maximum atomic E-state index is 12.1. The van der Waals surface area contributed by atoms with E-state index < -0.39 is 10.0 Å². The van der Waals surface area contributed by atoms with Crippen molar-refractivity contribution >= 4 is 27.3 Å². The Morgan fingerprint density at radius 2 is 2.16 bits per heavy atom. The highest BCUT2D eigenvalue weighted by molar-refractivity contribution is 7.89. The van der Waals surface area contributed by atoms with E-state index in [2.05, 4.69) is 4.72 Å². The van der Waals surface area contributed by atoms with Gasteiger partial charge in [0.2, 0.25) is 10.0 Å². The van der Waals surface area contributed by atoms with Crippen molar-refractivity contribution in [1.29, 1.82) is 0 Å². The quantitative estimate of drug-likeness (QED) is 0.848. The summed E-state index contributed by atoms with van der Waals surface area (Å²) in [5.74, 6) is 0.523. The van der Waals surface area contributed by atoms with E-state index in [1.165, 1.54) is 18.4 Å². The van der Waals surface area contributed by atoms with Crippen LogP contribution in [0.25, 0.3) is 0 Å². The number of furan rings is 1. The molecule has 0 saturated heterocycles. The first-order chi connectivity index (χ1) is 8.90. The smallest absolute Gasteiger partial charge is 0.241 e. The van der Waals surface area contributed by atoms with Gasteiger partial charge in [0.25, 0.3) is 0 Å². The summed E-state index contributed by atoms with van der Waals surface area (Å²) in [6, 6.07) is 6.12. The summed E-state index contributed by atoms with van der Waals surface area (Å²) in [6.07, 6.45) is 1.48. The predicted molar refractivity (Wildman–Crippen MR) is 73.3 cm³/mol. The first kappa shape index (κ1) is 13.9. The van der Waals surface area contributed by atoms with Crippen LogP contribution in [0.4, 0.5) is 5.69 Å². The second-order valence-electron chi connectivity index (χ2n) is 4.02. The molecule has 1 aromatic heterocycles. The normalized spacial score (nSPS) is 11.7. The number of nitrogen functional groups attached to an aromatic ring is 1. The number of hydrogen-bond donors (Lipinski definition) is 2. The van der Waals surface area contributed by atoms with Crippen molar-refractivity contribution in [3.8, 4) is 0 Å². The van der Waals surface area contributed by atoms with Crippen LogP contribution in [0.3, 0.4) is 0 Å². The molecule has 5 nitrogen and oxygen atoms in total. The molecular weight excluding hydrogens is 288 g/mol. The van der Waals surface area contributed by atoms with Gasteiger partial charge in [-0.2, -0.15) is 0 Å². The Labute approximate surface area is 116 Å². The summed E-state index contributed by atoms with van der Waals surface area (Å²) in [6.45, 7) is 1.80. The molecule has 19 heavy (non-hydrogen) atoms. The Bertz CT molecular complexity index is 658. The highest BCUT2D eigenvalue weighted by Crippen LogP contribution is 2.25. The molecule has 2 aromatic rings. The Balaban J connectivity index is 2.24. The molecule has 0 fully saturated rings. The number of nitrogens with one attached hydrogen (secondary N) is 1. The topological polar surface area (TPSA) is 85.3 Å². The van der Waals surface area contributed by atoms with Crippen LogP contribution in [0.2, 0.25) is 5.02 Å². The number of benzene rings is 1. The largest absolute Gasteiger partial charge is 0.468 e. The molecule has 1 aromatic carbocycles. The second-order valence-corrected chi connectivity index (χ2v) is 6.20. The van der Waals surface area contributed by atoms with Crippen molar-refractivity contribution in [3.05, 3.63) is 46.9 Å². The summed E-state index contributed by atoms with van der Waals surface area (Å²) in [5.41, 5.74) is 6.71. The van der Waals surface area contributed by atoms with Gasteiger partial charge < -0.3 is 10.2 Å². The molecule has 0 atom stereocenters. The van der Waals surface area contributed by atoms with Gasteiger partial charge in [-0.15, -0.1) is 0 Å². The molecule has 0 bridgehead atoms. The minimum atomic E-state index is -3.67. The van der Waals surface area contributed by atoms with E-state index in [1.807, 2.05) is 0 Å². The molecule has 0 saturated carbocycles. The van der Waals surface area contributed by atoms with Gasteiger partial charge in [-0.3, -0.25) is 0 Å². The average Bonchev–Trinajstić information content (AvgIpc) is 2.86. The lowest BCUT2D eigenvalue weighted by Crippen LogP contribution is -2.23. The van der Waals surface area contributed by atoms with E-state index in [0.29, 0.717) is 22.0 Å². The number of hydrogen-bond acceptors (Lipinski definition) is 4. The van der Waals surface area contributed by atoms with Gasteiger partial charge in [-0.25, -0.2) is 13.1 Å². The zero-order valence-electron chi connectivity index (χ0n) is 10.2. The first-order valence-corrected chi connectivity index (χ1v) is 7.34. The van der Waals surface area contributed by atoms with Crippen LogP contribution in [-0.2, 0) is 16.6 Å². The number of sulfonamides is 1. The van der Waals surface area contributed by atoms with Crippen molar-refractivity contribution in [2.24, 2.45) is 0 Å². The lowest BCUT2D eigenvalue weighted by atomic mass is 10.2. The minimum absolute atomic E-state index is 0.0344. The fourth-order valence-corrected chi connectivity index (χ4v) is 2.84. The van der Waals surface area contributed by atoms with Crippen LogP contribution in [0.5, 0.6) is 0 Å². The molecule has 0 aliphatic heterocycles. The van der Waals surface area contributed by atoms with Gasteiger partial charge in [0.1, 0.15) is 5.76 Å². The van der Waals surface area contributed by atoms with Gasteiger partial charge >= 0.3 is 0 Å². The van der Waals surface area contributed by atoms with Crippen LogP contribution in [0, 0.1) is 6.92 Å². The lowest BCUT2D eigenvalue weighted by Gasteiger charge is -2.09. The number of nitrogens with two attached hydrogens (primary N) is 1. The third-order valence-electron chi connectivity index (χ3n) is 2.68. The highest BCUT2D eigenvalue weighted by atomic mass is 35.5. The Kier molecular flexibility index (Phi) is 3.84. The highest BCUT2D eigenvalue weighted by Gasteiger charge is 2.17. The fourth-order valence-electron chi connectivity index (χ4n) is 1.49. The average molecular weight is 301 g/mol. The summed E-state index contributed by atoms with van der Waals surface area (Å²) < 4.78 is 31.6. The standard InChI is InChI=1S/C12H13ClN2O3S/c1-8-11(13)5-10(6-12(8)14)19(16,17)15-7-9-3-2-4-18-9/h2-6,15H,7,14H2,1H3. The summed E-state index contributed by atoms with van der Waals surface area (Å²) in [4.78, 5) is 0.0344. The van der Waals surface area contributed by atoms with Crippen molar-refractivity contribution in [2.75, 3.05) is 5.73 Å². The first-order valence-electron chi connectivity index (χ1n) is 5.48. The lowest BCUT2D eigenvalue weighted by molar-refractivity contribution is 0.498. The van der Waals surface area contributed by atoms with Crippen LogP contribution in [0.15, 0.2) is 39.8 Å². The Morgan fingerprint density at radius 1 is 1.42 bits per heavy atom. The Morgan fingerprint density at radius 3 is 2.74 bits per heavy atom. The predicted octanol–water partition coefficient (Wildman–Crippen LogP) is 2.30. The van der Waals surface area contributed by atoms with Crippen LogP contribution in [-0.4, -0.2) is 8.42 Å². The molecule has 0 amide bonds. The molecule has 7 heteroatoms. The van der Waals surface area contributed by atoms with Gasteiger partial charge in [-0.1, -0.05) is 11.6 Å². The molecular formula is C12H13ClN2O3S. The fraction of sp³-hybridized carbons (Fsp3) is 0.167. The van der Waals surface area contributed by atoms with Crippen molar-refractivity contribution in [1.82, 2.24) is 4.72 Å².